The Morgan fingerprint density at radius 1 is 1.28 bits per heavy atom. The van der Waals surface area contributed by atoms with Crippen molar-refractivity contribution in [1.82, 2.24) is 20.4 Å². The number of hydrogen-bond acceptors (Lipinski definition) is 4. The van der Waals surface area contributed by atoms with Crippen LogP contribution in [-0.4, -0.2) is 80.7 Å². The number of ether oxygens (including phenoxy) is 1. The van der Waals surface area contributed by atoms with Crippen LogP contribution in [0.5, 0.6) is 0 Å². The molecule has 0 spiro atoms. The molecular formula is C20H40IN5O3. The molecule has 8 nitrogen and oxygen atoms in total. The van der Waals surface area contributed by atoms with Crippen LogP contribution in [0.4, 0.5) is 4.79 Å². The monoisotopic (exact) mass is 525 g/mol. The third-order valence-electron chi connectivity index (χ3n) is 4.78. The summed E-state index contributed by atoms with van der Waals surface area (Å²) in [5.41, 5.74) is -0.487. The summed E-state index contributed by atoms with van der Waals surface area (Å²) in [6, 6.07) is 0. The van der Waals surface area contributed by atoms with E-state index in [9.17, 15) is 9.59 Å². The van der Waals surface area contributed by atoms with Crippen LogP contribution in [0.2, 0.25) is 0 Å². The lowest BCUT2D eigenvalue weighted by molar-refractivity contribution is -0.121. The minimum atomic E-state index is -0.487. The quantitative estimate of drug-likeness (QED) is 0.316. The van der Waals surface area contributed by atoms with Gasteiger partial charge in [-0.05, 0) is 45.4 Å². The summed E-state index contributed by atoms with van der Waals surface area (Å²) in [7, 11) is 5.23. The van der Waals surface area contributed by atoms with Crippen LogP contribution in [0.15, 0.2) is 4.99 Å². The van der Waals surface area contributed by atoms with Crippen molar-refractivity contribution in [3.63, 3.8) is 0 Å². The average Bonchev–Trinajstić information content (AvgIpc) is 2.61. The highest BCUT2D eigenvalue weighted by molar-refractivity contribution is 14.0. The molecule has 29 heavy (non-hydrogen) atoms. The van der Waals surface area contributed by atoms with Crippen LogP contribution < -0.4 is 10.6 Å². The van der Waals surface area contributed by atoms with Gasteiger partial charge in [0, 0.05) is 53.7 Å². The Bertz CT molecular complexity index is 543. The third-order valence-corrected chi connectivity index (χ3v) is 4.78. The maximum Gasteiger partial charge on any atom is 0.410 e. The van der Waals surface area contributed by atoms with E-state index in [1.807, 2.05) is 20.8 Å². The molecule has 170 valence electrons. The molecule has 0 aromatic carbocycles. The van der Waals surface area contributed by atoms with E-state index in [4.69, 9.17) is 4.74 Å². The zero-order valence-corrected chi connectivity index (χ0v) is 21.4. The number of hydrogen-bond donors (Lipinski definition) is 2. The maximum atomic E-state index is 12.1. The molecule has 0 saturated carbocycles. The smallest absolute Gasteiger partial charge is 0.410 e. The van der Waals surface area contributed by atoms with Crippen LogP contribution in [0, 0.1) is 11.8 Å². The molecule has 1 unspecified atom stereocenters. The van der Waals surface area contributed by atoms with Gasteiger partial charge in [-0.1, -0.05) is 6.92 Å². The number of amides is 2. The SMILES string of the molecule is CN=C(NCC(C)CN(C)C(=O)OC(C)(C)C)N1CCC(CC(=O)NC)CC1.I. The fourth-order valence-electron chi connectivity index (χ4n) is 3.26. The lowest BCUT2D eigenvalue weighted by Crippen LogP contribution is -2.48. The number of rotatable bonds is 6. The molecule has 1 rings (SSSR count). The molecule has 0 aliphatic carbocycles. The zero-order valence-electron chi connectivity index (χ0n) is 19.1. The highest BCUT2D eigenvalue weighted by atomic mass is 127. The second-order valence-corrected chi connectivity index (χ2v) is 8.70. The van der Waals surface area contributed by atoms with E-state index in [1.54, 1.807) is 26.0 Å². The van der Waals surface area contributed by atoms with Gasteiger partial charge in [-0.15, -0.1) is 24.0 Å². The first kappa shape index (κ1) is 27.7. The zero-order chi connectivity index (χ0) is 21.3. The van der Waals surface area contributed by atoms with Gasteiger partial charge >= 0.3 is 6.09 Å². The van der Waals surface area contributed by atoms with Gasteiger partial charge < -0.3 is 25.2 Å². The summed E-state index contributed by atoms with van der Waals surface area (Å²) >= 11 is 0. The normalized spacial score (nSPS) is 16.5. The molecule has 1 fully saturated rings. The van der Waals surface area contributed by atoms with Crippen LogP contribution in [0.25, 0.3) is 0 Å². The number of guanidine groups is 1. The first-order valence-electron chi connectivity index (χ1n) is 10.2. The van der Waals surface area contributed by atoms with E-state index < -0.39 is 5.60 Å². The van der Waals surface area contributed by atoms with E-state index in [0.29, 0.717) is 18.9 Å². The molecule has 9 heteroatoms. The van der Waals surface area contributed by atoms with Crippen LogP contribution in [0.3, 0.4) is 0 Å². The van der Waals surface area contributed by atoms with Crippen molar-refractivity contribution in [2.75, 3.05) is 47.3 Å². The molecule has 0 bridgehead atoms. The van der Waals surface area contributed by atoms with Crippen LogP contribution >= 0.6 is 24.0 Å². The summed E-state index contributed by atoms with van der Waals surface area (Å²) in [6.45, 7) is 10.8. The number of halogens is 1. The topological polar surface area (TPSA) is 86.3 Å². The third kappa shape index (κ3) is 10.9. The van der Waals surface area contributed by atoms with Crippen LogP contribution in [-0.2, 0) is 9.53 Å². The minimum Gasteiger partial charge on any atom is -0.444 e. The summed E-state index contributed by atoms with van der Waals surface area (Å²) in [4.78, 5) is 31.9. The highest BCUT2D eigenvalue weighted by Crippen LogP contribution is 2.20. The van der Waals surface area contributed by atoms with Crippen molar-refractivity contribution in [3.05, 3.63) is 0 Å². The molecule has 1 heterocycles. The van der Waals surface area contributed by atoms with Gasteiger partial charge in [-0.25, -0.2) is 4.79 Å². The summed E-state index contributed by atoms with van der Waals surface area (Å²) in [6.07, 6.45) is 2.28. The first-order valence-corrected chi connectivity index (χ1v) is 10.2. The fourth-order valence-corrected chi connectivity index (χ4v) is 3.26. The van der Waals surface area contributed by atoms with Gasteiger partial charge in [0.05, 0.1) is 0 Å². The number of likely N-dealkylation sites (tertiary alicyclic amines) is 1. The molecule has 1 aliphatic heterocycles. The Morgan fingerprint density at radius 2 is 1.86 bits per heavy atom. The fraction of sp³-hybridized carbons (Fsp3) is 0.850. The lowest BCUT2D eigenvalue weighted by atomic mass is 9.93. The van der Waals surface area contributed by atoms with Gasteiger partial charge in [0.1, 0.15) is 5.60 Å². The second kappa shape index (κ2) is 13.1. The van der Waals surface area contributed by atoms with Crippen molar-refractivity contribution < 1.29 is 14.3 Å². The predicted octanol–water partition coefficient (Wildman–Crippen LogP) is 2.53. The van der Waals surface area contributed by atoms with Crippen molar-refractivity contribution in [2.45, 2.75) is 52.6 Å². The maximum absolute atomic E-state index is 12.1. The largest absolute Gasteiger partial charge is 0.444 e. The number of aliphatic imine (C=N–C) groups is 1. The Kier molecular flexibility index (Phi) is 12.6. The van der Waals surface area contributed by atoms with Crippen molar-refractivity contribution >= 4 is 41.9 Å². The van der Waals surface area contributed by atoms with Gasteiger partial charge in [0.15, 0.2) is 5.96 Å². The Morgan fingerprint density at radius 3 is 2.34 bits per heavy atom. The van der Waals surface area contributed by atoms with E-state index in [1.165, 1.54) is 0 Å². The minimum absolute atomic E-state index is 0. The molecule has 0 aromatic heterocycles. The average molecular weight is 525 g/mol. The number of nitrogens with zero attached hydrogens (tertiary/aromatic N) is 3. The predicted molar refractivity (Wildman–Crippen MR) is 128 cm³/mol. The van der Waals surface area contributed by atoms with Crippen LogP contribution in [0.1, 0.15) is 47.0 Å². The molecular weight excluding hydrogens is 485 g/mol. The molecule has 2 N–H and O–H groups in total. The number of carbonyl (C=O) groups is 2. The Labute approximate surface area is 193 Å². The number of carbonyl (C=O) groups excluding carboxylic acids is 2. The lowest BCUT2D eigenvalue weighted by Gasteiger charge is -2.34. The molecule has 2 amide bonds. The summed E-state index contributed by atoms with van der Waals surface area (Å²) < 4.78 is 5.39. The number of piperidine rings is 1. The molecule has 1 aliphatic rings. The first-order chi connectivity index (χ1) is 13.1. The molecule has 0 aromatic rings. The number of nitrogens with one attached hydrogen (secondary N) is 2. The van der Waals surface area contributed by atoms with Gasteiger partial charge in [0.25, 0.3) is 0 Å². The molecule has 1 atom stereocenters. The van der Waals surface area contributed by atoms with Crippen molar-refractivity contribution in [2.24, 2.45) is 16.8 Å². The van der Waals surface area contributed by atoms with E-state index in [-0.39, 0.29) is 41.9 Å². The van der Waals surface area contributed by atoms with E-state index in [2.05, 4.69) is 27.4 Å². The summed E-state index contributed by atoms with van der Waals surface area (Å²) in [5, 5.41) is 6.12. The van der Waals surface area contributed by atoms with Gasteiger partial charge in [0.2, 0.25) is 5.91 Å². The second-order valence-electron chi connectivity index (χ2n) is 8.70. The standard InChI is InChI=1S/C20H39N5O3.HI/c1-15(14-24(7)19(27)28-20(2,3)4)13-23-18(22-6)25-10-8-16(9-11-25)12-17(26)21-5;/h15-16H,8-14H2,1-7H3,(H,21,26)(H,22,23);1H. The van der Waals surface area contributed by atoms with Gasteiger partial charge in [-0.2, -0.15) is 0 Å². The Hall–Kier alpha value is -1.26. The molecule has 0 radical (unpaired) electrons. The van der Waals surface area contributed by atoms with Crippen molar-refractivity contribution in [1.29, 1.82) is 0 Å². The summed E-state index contributed by atoms with van der Waals surface area (Å²) in [5.74, 6) is 1.69. The Balaban J connectivity index is 0.00000784. The van der Waals surface area contributed by atoms with Gasteiger partial charge in [-0.3, -0.25) is 9.79 Å². The van der Waals surface area contributed by atoms with E-state index in [0.717, 1.165) is 38.4 Å². The molecule has 1 saturated heterocycles. The van der Waals surface area contributed by atoms with Crippen molar-refractivity contribution in [3.8, 4) is 0 Å². The highest BCUT2D eigenvalue weighted by Gasteiger charge is 2.24. The van der Waals surface area contributed by atoms with E-state index >= 15 is 0 Å².